The third-order valence-corrected chi connectivity index (χ3v) is 6.87. The van der Waals surface area contributed by atoms with Gasteiger partial charge in [-0.05, 0) is 48.7 Å². The Morgan fingerprint density at radius 2 is 1.76 bits per heavy atom. The van der Waals surface area contributed by atoms with Crippen molar-refractivity contribution in [2.45, 2.75) is 39.2 Å². The minimum atomic E-state index is -1.02. The molecule has 2 heterocycles. The first kappa shape index (κ1) is 25.1. The van der Waals surface area contributed by atoms with Gasteiger partial charge in [-0.3, -0.25) is 14.6 Å². The van der Waals surface area contributed by atoms with Crippen LogP contribution < -0.4 is 4.74 Å². The number of carboxylic acids is 1. The Morgan fingerprint density at radius 3 is 2.50 bits per heavy atom. The molecule has 1 unspecified atom stereocenters. The summed E-state index contributed by atoms with van der Waals surface area (Å²) in [5.41, 5.74) is 7.43. The summed E-state index contributed by atoms with van der Waals surface area (Å²) < 4.78 is 5.43. The van der Waals surface area contributed by atoms with Crippen LogP contribution in [0.4, 0.5) is 0 Å². The minimum Gasteiger partial charge on any atom is -0.497 e. The number of fused-ring (bicyclic) bond motifs is 1. The molecule has 0 fully saturated rings. The Labute approximate surface area is 221 Å². The van der Waals surface area contributed by atoms with Gasteiger partial charge in [0.15, 0.2) is 0 Å². The van der Waals surface area contributed by atoms with Gasteiger partial charge in [-0.1, -0.05) is 54.6 Å². The van der Waals surface area contributed by atoms with Gasteiger partial charge < -0.3 is 9.84 Å². The first-order valence-electron chi connectivity index (χ1n) is 12.6. The zero-order valence-electron chi connectivity index (χ0n) is 21.6. The molecule has 7 nitrogen and oxygen atoms in total. The molecule has 7 heteroatoms. The predicted molar refractivity (Wildman–Crippen MR) is 147 cm³/mol. The number of benzene rings is 3. The Bertz CT molecular complexity index is 1560. The lowest BCUT2D eigenvalue weighted by Gasteiger charge is -2.22. The number of aliphatic carboxylic acids is 1. The number of hydrazone groups is 1. The first-order chi connectivity index (χ1) is 18.4. The number of carboxylic acid groups (broad SMARTS) is 1. The summed E-state index contributed by atoms with van der Waals surface area (Å²) in [5, 5.41) is 16.5. The maximum absolute atomic E-state index is 13.3. The first-order valence-corrected chi connectivity index (χ1v) is 12.6. The quantitative estimate of drug-likeness (QED) is 0.328. The Kier molecular flexibility index (Phi) is 6.92. The normalized spacial score (nSPS) is 15.0. The molecular weight excluding hydrogens is 478 g/mol. The number of methoxy groups -OCH3 is 1. The number of pyridine rings is 1. The van der Waals surface area contributed by atoms with E-state index >= 15 is 0 Å². The van der Waals surface area contributed by atoms with Crippen LogP contribution in [0.5, 0.6) is 5.75 Å². The van der Waals surface area contributed by atoms with Crippen molar-refractivity contribution in [1.82, 2.24) is 9.99 Å². The van der Waals surface area contributed by atoms with E-state index in [1.54, 1.807) is 7.11 Å². The Morgan fingerprint density at radius 1 is 0.974 bits per heavy atom. The van der Waals surface area contributed by atoms with Gasteiger partial charge in [0, 0.05) is 35.0 Å². The standard InChI is InChI=1S/C31H29N3O4/c1-19-12-13-24-25(16-19)32-20(2)30(31(24)21-8-5-4-6-9-21)26-18-27(22-10-7-11-23(17-22)38-3)34(33-26)28(35)14-15-29(36)37/h4-13,16-17,27H,14-15,18H2,1-3H3,(H,36,37). The van der Waals surface area contributed by atoms with Crippen molar-refractivity contribution in [2.24, 2.45) is 5.10 Å². The smallest absolute Gasteiger partial charge is 0.303 e. The van der Waals surface area contributed by atoms with Gasteiger partial charge >= 0.3 is 5.97 Å². The van der Waals surface area contributed by atoms with E-state index in [0.29, 0.717) is 12.2 Å². The van der Waals surface area contributed by atoms with E-state index < -0.39 is 12.0 Å². The third kappa shape index (κ3) is 4.87. The number of ether oxygens (including phenoxy) is 1. The van der Waals surface area contributed by atoms with Gasteiger partial charge in [-0.15, -0.1) is 0 Å². The lowest BCUT2D eigenvalue weighted by Crippen LogP contribution is -2.27. The molecule has 5 rings (SSSR count). The van der Waals surface area contributed by atoms with Gasteiger partial charge in [0.1, 0.15) is 5.75 Å². The molecular formula is C31H29N3O4. The fraction of sp³-hybridized carbons (Fsp3) is 0.226. The van der Waals surface area contributed by atoms with Crippen LogP contribution in [0.25, 0.3) is 22.0 Å². The average Bonchev–Trinajstić information content (AvgIpc) is 3.36. The van der Waals surface area contributed by atoms with E-state index in [-0.39, 0.29) is 18.7 Å². The molecule has 0 bridgehead atoms. The zero-order chi connectivity index (χ0) is 26.8. The van der Waals surface area contributed by atoms with E-state index in [1.807, 2.05) is 56.3 Å². The lowest BCUT2D eigenvalue weighted by atomic mass is 9.89. The monoisotopic (exact) mass is 507 g/mol. The maximum atomic E-state index is 13.3. The molecule has 1 aliphatic rings. The number of amides is 1. The number of aromatic nitrogens is 1. The third-order valence-electron chi connectivity index (χ3n) is 6.87. The molecule has 0 aliphatic carbocycles. The second-order valence-corrected chi connectivity index (χ2v) is 9.51. The number of aryl methyl sites for hydroxylation is 2. The molecule has 192 valence electrons. The van der Waals surface area contributed by atoms with Crippen LogP contribution in [0.1, 0.15) is 47.7 Å². The van der Waals surface area contributed by atoms with E-state index in [9.17, 15) is 14.7 Å². The van der Waals surface area contributed by atoms with Crippen molar-refractivity contribution in [2.75, 3.05) is 7.11 Å². The highest BCUT2D eigenvalue weighted by atomic mass is 16.5. The number of nitrogens with zero attached hydrogens (tertiary/aromatic N) is 3. The maximum Gasteiger partial charge on any atom is 0.303 e. The van der Waals surface area contributed by atoms with Crippen LogP contribution in [-0.4, -0.2) is 39.8 Å². The van der Waals surface area contributed by atoms with Crippen LogP contribution in [0.2, 0.25) is 0 Å². The van der Waals surface area contributed by atoms with Crippen molar-refractivity contribution in [3.63, 3.8) is 0 Å². The fourth-order valence-electron chi connectivity index (χ4n) is 5.08. The summed E-state index contributed by atoms with van der Waals surface area (Å²) >= 11 is 0. The molecule has 1 amide bonds. The highest BCUT2D eigenvalue weighted by Crippen LogP contribution is 2.40. The highest BCUT2D eigenvalue weighted by molar-refractivity contribution is 6.14. The molecule has 1 aliphatic heterocycles. The van der Waals surface area contributed by atoms with Crippen molar-refractivity contribution in [3.05, 3.63) is 95.2 Å². The molecule has 0 spiro atoms. The fourth-order valence-corrected chi connectivity index (χ4v) is 5.08. The largest absolute Gasteiger partial charge is 0.497 e. The summed E-state index contributed by atoms with van der Waals surface area (Å²) in [7, 11) is 1.60. The average molecular weight is 508 g/mol. The topological polar surface area (TPSA) is 92.1 Å². The van der Waals surface area contributed by atoms with E-state index in [4.69, 9.17) is 14.8 Å². The summed E-state index contributed by atoms with van der Waals surface area (Å²) in [6.45, 7) is 4.02. The van der Waals surface area contributed by atoms with Crippen LogP contribution in [0.15, 0.2) is 77.9 Å². The van der Waals surface area contributed by atoms with Crippen LogP contribution >= 0.6 is 0 Å². The number of hydrogen-bond donors (Lipinski definition) is 1. The van der Waals surface area contributed by atoms with Crippen molar-refractivity contribution < 1.29 is 19.4 Å². The van der Waals surface area contributed by atoms with E-state index in [0.717, 1.165) is 50.1 Å². The highest BCUT2D eigenvalue weighted by Gasteiger charge is 2.35. The molecule has 38 heavy (non-hydrogen) atoms. The van der Waals surface area contributed by atoms with Crippen LogP contribution in [0.3, 0.4) is 0 Å². The molecule has 3 aromatic carbocycles. The second kappa shape index (κ2) is 10.5. The minimum absolute atomic E-state index is 0.133. The molecule has 1 aromatic heterocycles. The van der Waals surface area contributed by atoms with Gasteiger partial charge in [0.05, 0.1) is 30.8 Å². The Hall–Kier alpha value is -4.52. The Balaban J connectivity index is 1.68. The summed E-state index contributed by atoms with van der Waals surface area (Å²) in [6, 6.07) is 23.6. The van der Waals surface area contributed by atoms with E-state index in [2.05, 4.69) is 30.3 Å². The number of rotatable bonds is 7. The van der Waals surface area contributed by atoms with Gasteiger partial charge in [-0.25, -0.2) is 5.01 Å². The van der Waals surface area contributed by atoms with Crippen molar-refractivity contribution in [3.8, 4) is 16.9 Å². The number of carbonyl (C=O) groups excluding carboxylic acids is 1. The molecule has 1 N–H and O–H groups in total. The van der Waals surface area contributed by atoms with Crippen molar-refractivity contribution in [1.29, 1.82) is 0 Å². The summed E-state index contributed by atoms with van der Waals surface area (Å²) in [6.07, 6.45) is 0.0776. The van der Waals surface area contributed by atoms with Gasteiger partial charge in [0.2, 0.25) is 5.91 Å². The van der Waals surface area contributed by atoms with Gasteiger partial charge in [-0.2, -0.15) is 5.10 Å². The summed E-state index contributed by atoms with van der Waals surface area (Å²) in [4.78, 5) is 29.4. The van der Waals surface area contributed by atoms with Gasteiger partial charge in [0.25, 0.3) is 0 Å². The second-order valence-electron chi connectivity index (χ2n) is 9.51. The molecule has 1 atom stereocenters. The van der Waals surface area contributed by atoms with Crippen LogP contribution in [0, 0.1) is 13.8 Å². The molecule has 0 saturated heterocycles. The lowest BCUT2D eigenvalue weighted by molar-refractivity contribution is -0.141. The zero-order valence-corrected chi connectivity index (χ0v) is 21.6. The molecule has 4 aromatic rings. The predicted octanol–water partition coefficient (Wildman–Crippen LogP) is 6.07. The molecule has 0 radical (unpaired) electrons. The summed E-state index contributed by atoms with van der Waals surface area (Å²) in [5.74, 6) is -0.674. The van der Waals surface area contributed by atoms with Crippen molar-refractivity contribution >= 4 is 28.5 Å². The van der Waals surface area contributed by atoms with E-state index in [1.165, 1.54) is 5.01 Å². The van der Waals surface area contributed by atoms with Crippen LogP contribution in [-0.2, 0) is 9.59 Å². The molecule has 0 saturated carbocycles. The number of carbonyl (C=O) groups is 2. The number of hydrogen-bond acceptors (Lipinski definition) is 5. The SMILES string of the molecule is COc1cccc(C2CC(c3c(C)nc4cc(C)ccc4c3-c3ccccc3)=NN2C(=O)CCC(=O)O)c1.